The van der Waals surface area contributed by atoms with Crippen molar-refractivity contribution >= 4 is 22.8 Å². The molecular formula is C14H13NO3S. The second-order valence-corrected chi connectivity index (χ2v) is 5.63. The first-order valence-electron chi connectivity index (χ1n) is 5.81. The van der Waals surface area contributed by atoms with Gasteiger partial charge >= 0.3 is 0 Å². The molecule has 5 heteroatoms. The number of carbonyl (C=O) groups is 1. The summed E-state index contributed by atoms with van der Waals surface area (Å²) in [6.07, 6.45) is 0.275. The lowest BCUT2D eigenvalue weighted by atomic mass is 10.1. The van der Waals surface area contributed by atoms with Crippen LogP contribution in [0.1, 0.15) is 25.7 Å². The number of non-ortho nitro benzene ring substituents is 1. The normalized spacial score (nSPS) is 10.4. The molecule has 1 heterocycles. The van der Waals surface area contributed by atoms with Crippen LogP contribution in [-0.2, 0) is 6.42 Å². The maximum atomic E-state index is 12.1. The Morgan fingerprint density at radius 3 is 2.37 bits per heavy atom. The minimum atomic E-state index is -0.447. The van der Waals surface area contributed by atoms with E-state index in [-0.39, 0.29) is 17.9 Å². The molecule has 0 radical (unpaired) electrons. The van der Waals surface area contributed by atoms with Crippen LogP contribution < -0.4 is 0 Å². The minimum absolute atomic E-state index is 0.0408. The lowest BCUT2D eigenvalue weighted by Crippen LogP contribution is -2.01. The van der Waals surface area contributed by atoms with E-state index in [4.69, 9.17) is 0 Å². The average Bonchev–Trinajstić information content (AvgIpc) is 2.70. The zero-order valence-electron chi connectivity index (χ0n) is 10.7. The molecule has 0 unspecified atom stereocenters. The monoisotopic (exact) mass is 275 g/mol. The summed E-state index contributed by atoms with van der Waals surface area (Å²) in [6.45, 7) is 3.97. The Hall–Kier alpha value is -2.01. The van der Waals surface area contributed by atoms with E-state index in [9.17, 15) is 14.9 Å². The third-order valence-corrected chi connectivity index (χ3v) is 4.15. The van der Waals surface area contributed by atoms with Gasteiger partial charge in [0.15, 0.2) is 5.78 Å². The Bertz CT molecular complexity index is 609. The topological polar surface area (TPSA) is 60.2 Å². The molecule has 0 fully saturated rings. The summed E-state index contributed by atoms with van der Waals surface area (Å²) in [4.78, 5) is 24.1. The quantitative estimate of drug-likeness (QED) is 0.485. The van der Waals surface area contributed by atoms with Crippen LogP contribution in [0.2, 0.25) is 0 Å². The number of thiophene rings is 1. The number of nitrogens with zero attached hydrogens (tertiary/aromatic N) is 1. The van der Waals surface area contributed by atoms with E-state index >= 15 is 0 Å². The summed E-state index contributed by atoms with van der Waals surface area (Å²) in [5, 5.41) is 10.5. The fourth-order valence-electron chi connectivity index (χ4n) is 1.72. The number of nitro benzene ring substituents is 1. The Morgan fingerprint density at radius 1 is 1.26 bits per heavy atom. The van der Waals surface area contributed by atoms with Crippen molar-refractivity contribution in [1.29, 1.82) is 0 Å². The van der Waals surface area contributed by atoms with Gasteiger partial charge in [-0.1, -0.05) is 12.1 Å². The number of benzene rings is 1. The molecule has 0 saturated carbocycles. The molecule has 4 nitrogen and oxygen atoms in total. The standard InChI is InChI=1S/C14H13NO3S/c1-9-7-14(19-10(9)2)13(16)8-11-3-5-12(6-4-11)15(17)18/h3-7H,8H2,1-2H3. The van der Waals surface area contributed by atoms with Crippen molar-refractivity contribution in [3.05, 3.63) is 61.3 Å². The van der Waals surface area contributed by atoms with Crippen molar-refractivity contribution in [1.82, 2.24) is 0 Å². The van der Waals surface area contributed by atoms with E-state index in [2.05, 4.69) is 0 Å². The van der Waals surface area contributed by atoms with E-state index < -0.39 is 4.92 Å². The smallest absolute Gasteiger partial charge is 0.269 e. The lowest BCUT2D eigenvalue weighted by Gasteiger charge is -1.99. The van der Waals surface area contributed by atoms with E-state index in [1.165, 1.54) is 23.5 Å². The number of aryl methyl sites for hydroxylation is 2. The SMILES string of the molecule is Cc1cc(C(=O)Cc2ccc([N+](=O)[O-])cc2)sc1C. The summed E-state index contributed by atoms with van der Waals surface area (Å²) in [5.41, 5.74) is 1.95. The molecule has 0 N–H and O–H groups in total. The molecule has 0 amide bonds. The maximum absolute atomic E-state index is 12.1. The fourth-order valence-corrected chi connectivity index (χ4v) is 2.69. The molecule has 0 aliphatic rings. The first-order valence-corrected chi connectivity index (χ1v) is 6.62. The molecule has 98 valence electrons. The molecule has 0 aliphatic carbocycles. The molecule has 1 aromatic heterocycles. The van der Waals surface area contributed by atoms with Gasteiger partial charge in [0, 0.05) is 23.4 Å². The second-order valence-electron chi connectivity index (χ2n) is 4.37. The zero-order chi connectivity index (χ0) is 14.0. The Balaban J connectivity index is 2.12. The summed E-state index contributed by atoms with van der Waals surface area (Å²) in [5.74, 6) is 0.0510. The highest BCUT2D eigenvalue weighted by Gasteiger charge is 2.12. The van der Waals surface area contributed by atoms with Crippen LogP contribution >= 0.6 is 11.3 Å². The number of hydrogen-bond acceptors (Lipinski definition) is 4. The molecule has 2 rings (SSSR count). The van der Waals surface area contributed by atoms with Crippen molar-refractivity contribution in [2.45, 2.75) is 20.3 Å². The van der Waals surface area contributed by atoms with E-state index in [0.717, 1.165) is 20.9 Å². The number of Topliss-reactive ketones (excluding diaryl/α,β-unsaturated/α-hetero) is 1. The van der Waals surface area contributed by atoms with Gasteiger partial charge in [0.05, 0.1) is 9.80 Å². The second kappa shape index (κ2) is 5.32. The fraction of sp³-hybridized carbons (Fsp3) is 0.214. The maximum Gasteiger partial charge on any atom is 0.269 e. The Labute approximate surface area is 114 Å². The molecule has 2 aromatic rings. The summed E-state index contributed by atoms with van der Waals surface area (Å²) in [6, 6.07) is 8.00. The number of rotatable bonds is 4. The van der Waals surface area contributed by atoms with E-state index in [1.807, 2.05) is 19.9 Å². The summed E-state index contributed by atoms with van der Waals surface area (Å²) in [7, 11) is 0. The Morgan fingerprint density at radius 2 is 1.89 bits per heavy atom. The molecule has 1 aromatic carbocycles. The van der Waals surface area contributed by atoms with Crippen molar-refractivity contribution in [3.8, 4) is 0 Å². The average molecular weight is 275 g/mol. The third-order valence-electron chi connectivity index (χ3n) is 2.95. The van der Waals surface area contributed by atoms with Gasteiger partial charge in [-0.3, -0.25) is 14.9 Å². The van der Waals surface area contributed by atoms with Crippen molar-refractivity contribution in [2.75, 3.05) is 0 Å². The van der Waals surface area contributed by atoms with Gasteiger partial charge in [-0.15, -0.1) is 11.3 Å². The van der Waals surface area contributed by atoms with E-state index in [1.54, 1.807) is 12.1 Å². The predicted octanol–water partition coefficient (Wildman–Crippen LogP) is 3.70. The van der Waals surface area contributed by atoms with Crippen LogP contribution in [0, 0.1) is 24.0 Å². The lowest BCUT2D eigenvalue weighted by molar-refractivity contribution is -0.384. The van der Waals surface area contributed by atoms with Crippen molar-refractivity contribution in [3.63, 3.8) is 0 Å². The number of ketones is 1. The highest BCUT2D eigenvalue weighted by Crippen LogP contribution is 2.22. The first-order chi connectivity index (χ1) is 8.97. The van der Waals surface area contributed by atoms with E-state index in [0.29, 0.717) is 0 Å². The number of hydrogen-bond donors (Lipinski definition) is 0. The molecule has 0 atom stereocenters. The van der Waals surface area contributed by atoms with Crippen molar-refractivity contribution < 1.29 is 9.72 Å². The summed E-state index contributed by atoms with van der Waals surface area (Å²) < 4.78 is 0. The molecule has 19 heavy (non-hydrogen) atoms. The highest BCUT2D eigenvalue weighted by atomic mass is 32.1. The van der Waals surface area contributed by atoms with Crippen LogP contribution in [0.5, 0.6) is 0 Å². The van der Waals surface area contributed by atoms with Gasteiger partial charge in [-0.05, 0) is 31.0 Å². The molecule has 0 aliphatic heterocycles. The highest BCUT2D eigenvalue weighted by molar-refractivity contribution is 7.14. The van der Waals surface area contributed by atoms with Crippen LogP contribution in [0.25, 0.3) is 0 Å². The van der Waals surface area contributed by atoms with Gasteiger partial charge in [-0.25, -0.2) is 0 Å². The largest absolute Gasteiger partial charge is 0.293 e. The minimum Gasteiger partial charge on any atom is -0.293 e. The van der Waals surface area contributed by atoms with Gasteiger partial charge in [0.25, 0.3) is 5.69 Å². The number of carbonyl (C=O) groups excluding carboxylic acids is 1. The predicted molar refractivity (Wildman–Crippen MR) is 74.9 cm³/mol. The molecule has 0 spiro atoms. The van der Waals surface area contributed by atoms with Gasteiger partial charge in [0.1, 0.15) is 0 Å². The Kier molecular flexibility index (Phi) is 3.76. The first kappa shape index (κ1) is 13.4. The zero-order valence-corrected chi connectivity index (χ0v) is 11.5. The third kappa shape index (κ3) is 3.06. The van der Waals surface area contributed by atoms with Crippen LogP contribution in [0.3, 0.4) is 0 Å². The van der Waals surface area contributed by atoms with Gasteiger partial charge < -0.3 is 0 Å². The van der Waals surface area contributed by atoms with Crippen LogP contribution in [0.15, 0.2) is 30.3 Å². The number of nitro groups is 1. The summed E-state index contributed by atoms with van der Waals surface area (Å²) >= 11 is 1.49. The van der Waals surface area contributed by atoms with Gasteiger partial charge in [0.2, 0.25) is 0 Å². The van der Waals surface area contributed by atoms with Gasteiger partial charge in [-0.2, -0.15) is 0 Å². The van der Waals surface area contributed by atoms with Crippen LogP contribution in [-0.4, -0.2) is 10.7 Å². The molecular weight excluding hydrogens is 262 g/mol. The molecule has 0 saturated heterocycles. The van der Waals surface area contributed by atoms with Crippen molar-refractivity contribution in [2.24, 2.45) is 0 Å². The molecule has 0 bridgehead atoms. The van der Waals surface area contributed by atoms with Crippen LogP contribution in [0.4, 0.5) is 5.69 Å².